The fourth-order valence-electron chi connectivity index (χ4n) is 5.09. The maximum absolute atomic E-state index is 13.8. The first-order chi connectivity index (χ1) is 15.5. The number of rotatable bonds is 14. The fourth-order valence-corrected chi connectivity index (χ4v) is 5.09. The monoisotopic (exact) mass is 462 g/mol. The lowest BCUT2D eigenvalue weighted by Gasteiger charge is -2.44. The van der Waals surface area contributed by atoms with Gasteiger partial charge in [0.05, 0.1) is 17.9 Å². The second-order valence-corrected chi connectivity index (χ2v) is 9.94. The molecule has 7 N–H and O–H groups in total. The van der Waals surface area contributed by atoms with E-state index in [0.717, 1.165) is 5.56 Å². The highest BCUT2D eigenvalue weighted by Crippen LogP contribution is 2.46. The third-order valence-electron chi connectivity index (χ3n) is 6.20. The number of carbonyl (C=O) groups excluding carboxylic acids is 3. The van der Waals surface area contributed by atoms with Crippen LogP contribution in [-0.4, -0.2) is 28.8 Å². The van der Waals surface area contributed by atoms with E-state index in [-0.39, 0.29) is 17.6 Å². The van der Waals surface area contributed by atoms with Crippen LogP contribution in [0.15, 0.2) is 30.3 Å². The smallest absolute Gasteiger partial charge is 0.248 e. The van der Waals surface area contributed by atoms with Crippen LogP contribution in [0, 0.1) is 29.1 Å². The largest absolute Gasteiger partial charge is 0.322 e. The fraction of sp³-hybridized carbons (Fsp3) is 0.640. The number of aryl methyl sites for hydroxylation is 1. The molecule has 1 aromatic rings. The van der Waals surface area contributed by atoms with Gasteiger partial charge in [-0.1, -0.05) is 58.0 Å². The van der Waals surface area contributed by atoms with Crippen LogP contribution in [0.2, 0.25) is 0 Å². The minimum absolute atomic E-state index is 0.0408. The summed E-state index contributed by atoms with van der Waals surface area (Å²) < 4.78 is 0. The standard InChI is InChI=1S/C25H42N4O4/c1-16(2)14-20(23(31)28-27)21(24(32)29-33)25(15-17(3)4,22(30)18(5)26)13-9-12-19-10-7-6-8-11-19/h6-8,10-11,16-18,20-21,33H,9,12-15,26-27H2,1-5H3,(H,28,31)(H,29,32)/t18-,20-,21?,25?/m1/s1. The summed E-state index contributed by atoms with van der Waals surface area (Å²) in [6.45, 7) is 9.39. The average Bonchev–Trinajstić information content (AvgIpc) is 2.76. The van der Waals surface area contributed by atoms with Crippen molar-refractivity contribution < 1.29 is 19.6 Å². The minimum atomic E-state index is -1.24. The molecule has 8 nitrogen and oxygen atoms in total. The number of nitrogens with one attached hydrogen (secondary N) is 2. The van der Waals surface area contributed by atoms with Gasteiger partial charge in [-0.2, -0.15) is 0 Å². The molecule has 0 saturated heterocycles. The van der Waals surface area contributed by atoms with Crippen LogP contribution < -0.4 is 22.5 Å². The first-order valence-corrected chi connectivity index (χ1v) is 11.8. The first-order valence-electron chi connectivity index (χ1n) is 11.8. The van der Waals surface area contributed by atoms with E-state index < -0.39 is 35.1 Å². The van der Waals surface area contributed by atoms with E-state index in [9.17, 15) is 19.6 Å². The lowest BCUT2D eigenvalue weighted by molar-refractivity contribution is -0.155. The number of hydrogen-bond acceptors (Lipinski definition) is 6. The van der Waals surface area contributed by atoms with Crippen LogP contribution in [0.1, 0.15) is 65.9 Å². The molecule has 0 spiro atoms. The highest BCUT2D eigenvalue weighted by Gasteiger charge is 2.54. The summed E-state index contributed by atoms with van der Waals surface area (Å²) in [7, 11) is 0. The maximum Gasteiger partial charge on any atom is 0.248 e. The lowest BCUT2D eigenvalue weighted by Crippen LogP contribution is -2.57. The van der Waals surface area contributed by atoms with Gasteiger partial charge in [0.25, 0.3) is 0 Å². The molecular formula is C25H42N4O4. The molecule has 0 aliphatic carbocycles. The van der Waals surface area contributed by atoms with Crippen molar-refractivity contribution in [1.82, 2.24) is 10.9 Å². The average molecular weight is 463 g/mol. The van der Waals surface area contributed by atoms with Crippen molar-refractivity contribution in [3.8, 4) is 0 Å². The van der Waals surface area contributed by atoms with Crippen molar-refractivity contribution in [2.75, 3.05) is 0 Å². The van der Waals surface area contributed by atoms with Crippen molar-refractivity contribution in [3.05, 3.63) is 35.9 Å². The SMILES string of the molecule is CC(C)C[C@@H](C(=O)NN)C(C(=O)NO)C(CCCc1ccccc1)(CC(C)C)C(=O)[C@@H](C)N. The number of hydrogen-bond donors (Lipinski definition) is 5. The Hall–Kier alpha value is -2.29. The first kappa shape index (κ1) is 28.7. The van der Waals surface area contributed by atoms with E-state index in [1.807, 2.05) is 58.0 Å². The molecule has 2 unspecified atom stereocenters. The zero-order chi connectivity index (χ0) is 25.2. The second kappa shape index (κ2) is 13.4. The molecule has 0 radical (unpaired) electrons. The van der Waals surface area contributed by atoms with Gasteiger partial charge in [-0.25, -0.2) is 11.3 Å². The van der Waals surface area contributed by atoms with Crippen LogP contribution in [0.5, 0.6) is 0 Å². The highest BCUT2D eigenvalue weighted by molar-refractivity contribution is 5.97. The Kier molecular flexibility index (Phi) is 11.7. The number of carbonyl (C=O) groups is 3. The van der Waals surface area contributed by atoms with Crippen LogP contribution in [0.3, 0.4) is 0 Å². The third-order valence-corrected chi connectivity index (χ3v) is 6.20. The van der Waals surface area contributed by atoms with Gasteiger partial charge in [-0.15, -0.1) is 0 Å². The van der Waals surface area contributed by atoms with Crippen molar-refractivity contribution in [2.45, 2.75) is 72.8 Å². The number of amides is 2. The summed E-state index contributed by atoms with van der Waals surface area (Å²) in [5.74, 6) is 1.97. The second-order valence-electron chi connectivity index (χ2n) is 9.94. The van der Waals surface area contributed by atoms with Crippen molar-refractivity contribution in [2.24, 2.45) is 40.7 Å². The number of benzene rings is 1. The Morgan fingerprint density at radius 3 is 2.06 bits per heavy atom. The zero-order valence-electron chi connectivity index (χ0n) is 20.6. The summed E-state index contributed by atoms with van der Waals surface area (Å²) in [6, 6.07) is 9.04. The summed E-state index contributed by atoms with van der Waals surface area (Å²) >= 11 is 0. The molecular weight excluding hydrogens is 420 g/mol. The lowest BCUT2D eigenvalue weighted by atomic mass is 9.58. The Bertz CT molecular complexity index is 767. The molecule has 0 aliphatic rings. The van der Waals surface area contributed by atoms with Gasteiger partial charge in [0, 0.05) is 5.41 Å². The number of ketones is 1. The van der Waals surface area contributed by atoms with Crippen LogP contribution in [-0.2, 0) is 20.8 Å². The normalized spacial score (nSPS) is 16.1. The van der Waals surface area contributed by atoms with Gasteiger partial charge in [-0.05, 0) is 56.4 Å². The van der Waals surface area contributed by atoms with Gasteiger partial charge in [0.15, 0.2) is 5.78 Å². The van der Waals surface area contributed by atoms with E-state index in [1.165, 1.54) is 0 Å². The van der Waals surface area contributed by atoms with Gasteiger partial charge in [0.1, 0.15) is 0 Å². The molecule has 0 bridgehead atoms. The van der Waals surface area contributed by atoms with E-state index in [4.69, 9.17) is 11.6 Å². The van der Waals surface area contributed by atoms with Crippen molar-refractivity contribution in [1.29, 1.82) is 0 Å². The molecule has 1 rings (SSSR count). The minimum Gasteiger partial charge on any atom is -0.322 e. The number of hydroxylamine groups is 1. The molecule has 0 fully saturated rings. The van der Waals surface area contributed by atoms with Gasteiger partial charge < -0.3 is 5.73 Å². The summed E-state index contributed by atoms with van der Waals surface area (Å²) in [6.07, 6.45) is 2.35. The molecule has 0 aromatic heterocycles. The Balaban J connectivity index is 3.62. The molecule has 1 aromatic carbocycles. The van der Waals surface area contributed by atoms with Crippen LogP contribution in [0.25, 0.3) is 0 Å². The molecule has 0 saturated carbocycles. The van der Waals surface area contributed by atoms with Crippen LogP contribution in [0.4, 0.5) is 0 Å². The Morgan fingerprint density at radius 1 is 1.00 bits per heavy atom. The quantitative estimate of drug-likeness (QED) is 0.124. The molecule has 33 heavy (non-hydrogen) atoms. The molecule has 2 amide bonds. The zero-order valence-corrected chi connectivity index (χ0v) is 20.6. The number of Topliss-reactive ketones (excluding diaryl/α,β-unsaturated/α-hetero) is 1. The van der Waals surface area contributed by atoms with E-state index in [2.05, 4.69) is 5.43 Å². The van der Waals surface area contributed by atoms with Gasteiger partial charge >= 0.3 is 0 Å². The van der Waals surface area contributed by atoms with Crippen molar-refractivity contribution >= 4 is 17.6 Å². The highest BCUT2D eigenvalue weighted by atomic mass is 16.5. The predicted molar refractivity (Wildman–Crippen MR) is 129 cm³/mol. The summed E-state index contributed by atoms with van der Waals surface area (Å²) in [5.41, 5.74) is 9.87. The third kappa shape index (κ3) is 7.91. The summed E-state index contributed by atoms with van der Waals surface area (Å²) in [5, 5.41) is 9.66. The predicted octanol–water partition coefficient (Wildman–Crippen LogP) is 2.73. The van der Waals surface area contributed by atoms with E-state index >= 15 is 0 Å². The van der Waals surface area contributed by atoms with Gasteiger partial charge in [0.2, 0.25) is 11.8 Å². The topological polar surface area (TPSA) is 148 Å². The van der Waals surface area contributed by atoms with Gasteiger partial charge in [-0.3, -0.25) is 25.0 Å². The number of hydrazine groups is 1. The van der Waals surface area contributed by atoms with E-state index in [1.54, 1.807) is 12.4 Å². The molecule has 4 atom stereocenters. The molecule has 186 valence electrons. The molecule has 0 heterocycles. The number of nitrogens with two attached hydrogens (primary N) is 2. The Labute approximate surface area is 197 Å². The molecule has 0 aliphatic heterocycles. The Morgan fingerprint density at radius 2 is 1.61 bits per heavy atom. The summed E-state index contributed by atoms with van der Waals surface area (Å²) in [4.78, 5) is 39.8. The van der Waals surface area contributed by atoms with E-state index in [0.29, 0.717) is 32.1 Å². The maximum atomic E-state index is 13.8. The molecule has 8 heteroatoms. The van der Waals surface area contributed by atoms with Crippen LogP contribution >= 0.6 is 0 Å². The van der Waals surface area contributed by atoms with Crippen molar-refractivity contribution in [3.63, 3.8) is 0 Å².